The number of halogens is 3. The molecule has 0 bridgehead atoms. The summed E-state index contributed by atoms with van der Waals surface area (Å²) in [7, 11) is 0. The summed E-state index contributed by atoms with van der Waals surface area (Å²) in [5.74, 6) is 1.42. The van der Waals surface area contributed by atoms with Gasteiger partial charge in [0.25, 0.3) is 0 Å². The fourth-order valence-corrected chi connectivity index (χ4v) is 2.32. The highest BCUT2D eigenvalue weighted by molar-refractivity contribution is 5.08. The van der Waals surface area contributed by atoms with Gasteiger partial charge in [-0.05, 0) is 37.8 Å². The molecule has 3 nitrogen and oxygen atoms in total. The minimum Gasteiger partial charge on any atom is -0.463 e. The molecule has 2 saturated carbocycles. The van der Waals surface area contributed by atoms with Gasteiger partial charge in [0.2, 0.25) is 0 Å². The van der Waals surface area contributed by atoms with E-state index in [1.54, 1.807) is 6.07 Å². The van der Waals surface area contributed by atoms with Crippen LogP contribution in [0.3, 0.4) is 0 Å². The van der Waals surface area contributed by atoms with E-state index in [-0.39, 0.29) is 12.6 Å². The van der Waals surface area contributed by atoms with Crippen LogP contribution in [0.25, 0.3) is 0 Å². The fraction of sp³-hybridized carbons (Fsp3) is 0.714. The predicted octanol–water partition coefficient (Wildman–Crippen LogP) is 3.06. The highest BCUT2D eigenvalue weighted by Crippen LogP contribution is 2.31. The minimum atomic E-state index is -4.15. The smallest absolute Gasteiger partial charge is 0.401 e. The second-order valence-electron chi connectivity index (χ2n) is 5.77. The third-order valence-electron chi connectivity index (χ3n) is 3.66. The Hall–Kier alpha value is -1.01. The molecule has 0 saturated heterocycles. The molecule has 0 aliphatic heterocycles. The Morgan fingerprint density at radius 2 is 1.85 bits per heavy atom. The molecule has 2 aliphatic carbocycles. The average molecular weight is 288 g/mol. The van der Waals surface area contributed by atoms with Crippen LogP contribution in [0.4, 0.5) is 13.2 Å². The van der Waals surface area contributed by atoms with Crippen LogP contribution in [0.5, 0.6) is 0 Å². The molecule has 3 rings (SSSR count). The molecule has 0 aromatic carbocycles. The Morgan fingerprint density at radius 1 is 1.15 bits per heavy atom. The first-order valence-corrected chi connectivity index (χ1v) is 7.11. The minimum absolute atomic E-state index is 0.0646. The number of nitrogens with zero attached hydrogens (tertiary/aromatic N) is 1. The van der Waals surface area contributed by atoms with Crippen molar-refractivity contribution in [1.82, 2.24) is 10.2 Å². The molecule has 1 aromatic rings. The largest absolute Gasteiger partial charge is 0.463 e. The zero-order valence-electron chi connectivity index (χ0n) is 11.2. The van der Waals surface area contributed by atoms with Crippen LogP contribution in [0.1, 0.15) is 37.2 Å². The van der Waals surface area contributed by atoms with Crippen LogP contribution in [0.15, 0.2) is 16.5 Å². The SMILES string of the molecule is FC(F)(F)CN(Cc1ccc(CNC2CC2)o1)C1CC1. The maximum atomic E-state index is 12.5. The Kier molecular flexibility index (Phi) is 3.77. The van der Waals surface area contributed by atoms with Gasteiger partial charge in [-0.2, -0.15) is 13.2 Å². The van der Waals surface area contributed by atoms with Gasteiger partial charge in [0.05, 0.1) is 19.6 Å². The number of nitrogens with one attached hydrogen (secondary N) is 1. The molecular formula is C14H19F3N2O. The Bertz CT molecular complexity index is 450. The van der Waals surface area contributed by atoms with Crippen LogP contribution in [-0.4, -0.2) is 29.7 Å². The van der Waals surface area contributed by atoms with Crippen molar-refractivity contribution >= 4 is 0 Å². The monoisotopic (exact) mass is 288 g/mol. The second kappa shape index (κ2) is 5.41. The van der Waals surface area contributed by atoms with Gasteiger partial charge < -0.3 is 9.73 Å². The summed E-state index contributed by atoms with van der Waals surface area (Å²) < 4.78 is 43.2. The summed E-state index contributed by atoms with van der Waals surface area (Å²) in [5.41, 5.74) is 0. The summed E-state index contributed by atoms with van der Waals surface area (Å²) in [4.78, 5) is 1.47. The van der Waals surface area contributed by atoms with Gasteiger partial charge >= 0.3 is 6.18 Å². The Balaban J connectivity index is 1.54. The van der Waals surface area contributed by atoms with E-state index in [4.69, 9.17) is 4.42 Å². The number of rotatable bonds is 7. The first-order chi connectivity index (χ1) is 9.49. The molecule has 0 spiro atoms. The van der Waals surface area contributed by atoms with Crippen LogP contribution < -0.4 is 5.32 Å². The summed E-state index contributed by atoms with van der Waals surface area (Å²) in [6.45, 7) is 0.0506. The second-order valence-corrected chi connectivity index (χ2v) is 5.77. The van der Waals surface area contributed by atoms with Crippen LogP contribution in [0.2, 0.25) is 0 Å². The van der Waals surface area contributed by atoms with E-state index in [0.717, 1.165) is 18.6 Å². The van der Waals surface area contributed by atoms with Crippen LogP contribution in [-0.2, 0) is 13.1 Å². The molecule has 1 heterocycles. The predicted molar refractivity (Wildman–Crippen MR) is 68.1 cm³/mol. The zero-order valence-corrected chi connectivity index (χ0v) is 11.2. The van der Waals surface area contributed by atoms with Crippen molar-refractivity contribution in [2.75, 3.05) is 6.54 Å². The molecule has 2 fully saturated rings. The van der Waals surface area contributed by atoms with Crippen molar-refractivity contribution in [1.29, 1.82) is 0 Å². The standard InChI is InChI=1S/C14H19F3N2O/c15-14(16,17)9-19(11-3-4-11)8-13-6-5-12(20-13)7-18-10-1-2-10/h5-6,10-11,18H,1-4,7-9H2. The van der Waals surface area contributed by atoms with E-state index < -0.39 is 12.7 Å². The lowest BCUT2D eigenvalue weighted by Crippen LogP contribution is -2.35. The third-order valence-corrected chi connectivity index (χ3v) is 3.66. The quantitative estimate of drug-likeness (QED) is 0.836. The molecule has 6 heteroatoms. The molecule has 1 aromatic heterocycles. The normalized spacial score (nSPS) is 19.8. The highest BCUT2D eigenvalue weighted by Gasteiger charge is 2.38. The van der Waals surface area contributed by atoms with E-state index in [1.807, 2.05) is 6.07 Å². The summed E-state index contributed by atoms with van der Waals surface area (Å²) in [6, 6.07) is 4.30. The van der Waals surface area contributed by atoms with Gasteiger partial charge in [0.15, 0.2) is 0 Å². The Morgan fingerprint density at radius 3 is 2.45 bits per heavy atom. The molecule has 112 valence electrons. The number of alkyl halides is 3. The molecule has 0 atom stereocenters. The molecule has 0 amide bonds. The Labute approximate surface area is 116 Å². The van der Waals surface area contributed by atoms with Gasteiger partial charge in [-0.1, -0.05) is 0 Å². The third kappa shape index (κ3) is 4.24. The first kappa shape index (κ1) is 13.9. The zero-order chi connectivity index (χ0) is 14.2. The first-order valence-electron chi connectivity index (χ1n) is 7.11. The lowest BCUT2D eigenvalue weighted by Gasteiger charge is -2.22. The van der Waals surface area contributed by atoms with Gasteiger partial charge in [0, 0.05) is 12.1 Å². The van der Waals surface area contributed by atoms with Gasteiger partial charge in [0.1, 0.15) is 11.5 Å². The molecular weight excluding hydrogens is 269 g/mol. The van der Waals surface area contributed by atoms with E-state index in [2.05, 4.69) is 5.32 Å². The van der Waals surface area contributed by atoms with Crippen molar-refractivity contribution in [2.24, 2.45) is 0 Å². The van der Waals surface area contributed by atoms with E-state index in [1.165, 1.54) is 17.7 Å². The van der Waals surface area contributed by atoms with E-state index in [0.29, 0.717) is 18.3 Å². The number of hydrogen-bond donors (Lipinski definition) is 1. The molecule has 0 radical (unpaired) electrons. The van der Waals surface area contributed by atoms with Crippen molar-refractivity contribution in [3.63, 3.8) is 0 Å². The molecule has 0 unspecified atom stereocenters. The van der Waals surface area contributed by atoms with Crippen molar-refractivity contribution in [2.45, 2.75) is 57.0 Å². The van der Waals surface area contributed by atoms with E-state index >= 15 is 0 Å². The lowest BCUT2D eigenvalue weighted by molar-refractivity contribution is -0.148. The average Bonchev–Trinajstić information content (AvgIpc) is 3.24. The van der Waals surface area contributed by atoms with Crippen molar-refractivity contribution < 1.29 is 17.6 Å². The van der Waals surface area contributed by atoms with Crippen LogP contribution in [0, 0.1) is 0 Å². The number of hydrogen-bond acceptors (Lipinski definition) is 3. The van der Waals surface area contributed by atoms with Crippen molar-refractivity contribution in [3.05, 3.63) is 23.7 Å². The van der Waals surface area contributed by atoms with Crippen LogP contribution >= 0.6 is 0 Å². The summed E-state index contributed by atoms with van der Waals surface area (Å²) in [5, 5.41) is 3.33. The maximum absolute atomic E-state index is 12.5. The highest BCUT2D eigenvalue weighted by atomic mass is 19.4. The van der Waals surface area contributed by atoms with Gasteiger partial charge in [-0.15, -0.1) is 0 Å². The molecule has 20 heavy (non-hydrogen) atoms. The topological polar surface area (TPSA) is 28.4 Å². The molecule has 2 aliphatic rings. The summed E-state index contributed by atoms with van der Waals surface area (Å²) in [6.07, 6.45) is -0.0332. The van der Waals surface area contributed by atoms with Gasteiger partial charge in [-0.25, -0.2) is 0 Å². The fourth-order valence-electron chi connectivity index (χ4n) is 2.32. The number of furan rings is 1. The van der Waals surface area contributed by atoms with E-state index in [9.17, 15) is 13.2 Å². The lowest BCUT2D eigenvalue weighted by atomic mass is 10.3. The van der Waals surface area contributed by atoms with Crippen molar-refractivity contribution in [3.8, 4) is 0 Å². The summed E-state index contributed by atoms with van der Waals surface area (Å²) >= 11 is 0. The maximum Gasteiger partial charge on any atom is 0.401 e. The van der Waals surface area contributed by atoms with Gasteiger partial charge in [-0.3, -0.25) is 4.90 Å². The molecule has 1 N–H and O–H groups in total.